The Bertz CT molecular complexity index is 838. The highest BCUT2D eigenvalue weighted by Gasteiger charge is 2.60. The van der Waals surface area contributed by atoms with Crippen LogP contribution in [-0.4, -0.2) is 11.6 Å². The number of carbonyl (C=O) groups excluding carboxylic acids is 2. The third-order valence-corrected chi connectivity index (χ3v) is 9.72. The van der Waals surface area contributed by atoms with E-state index in [1.807, 2.05) is 12.1 Å². The molecule has 24 heavy (non-hydrogen) atoms. The van der Waals surface area contributed by atoms with Gasteiger partial charge in [-0.1, -0.05) is 13.8 Å². The maximum Gasteiger partial charge on any atom is 0.168 e. The lowest BCUT2D eigenvalue weighted by molar-refractivity contribution is 0.0551. The summed E-state index contributed by atoms with van der Waals surface area (Å²) in [5.41, 5.74) is 1.78. The van der Waals surface area contributed by atoms with Crippen LogP contribution in [0.4, 0.5) is 0 Å². The Balaban J connectivity index is 1.68. The number of halogens is 2. The Morgan fingerprint density at radius 1 is 0.750 bits per heavy atom. The van der Waals surface area contributed by atoms with Gasteiger partial charge >= 0.3 is 0 Å². The van der Waals surface area contributed by atoms with Crippen molar-refractivity contribution in [3.8, 4) is 0 Å². The van der Waals surface area contributed by atoms with Crippen LogP contribution in [0.25, 0.3) is 0 Å². The minimum absolute atomic E-state index is 0.0234. The second kappa shape index (κ2) is 5.12. The van der Waals surface area contributed by atoms with Crippen molar-refractivity contribution < 1.29 is 9.59 Å². The van der Waals surface area contributed by atoms with E-state index in [1.54, 1.807) is 22.7 Å². The zero-order valence-corrected chi connectivity index (χ0v) is 17.8. The first kappa shape index (κ1) is 15.9. The number of thiophene rings is 2. The monoisotopic (exact) mass is 484 g/mol. The lowest BCUT2D eigenvalue weighted by Gasteiger charge is -2.43. The van der Waals surface area contributed by atoms with Gasteiger partial charge in [-0.15, -0.1) is 22.7 Å². The Morgan fingerprint density at radius 3 is 1.50 bits per heavy atom. The molecule has 0 aromatic carbocycles. The molecule has 2 nitrogen and oxygen atoms in total. The van der Waals surface area contributed by atoms with Crippen LogP contribution in [-0.2, 0) is 0 Å². The van der Waals surface area contributed by atoms with Gasteiger partial charge in [0.1, 0.15) is 0 Å². The molecule has 6 heteroatoms. The maximum absolute atomic E-state index is 13.1. The zero-order chi connectivity index (χ0) is 16.9. The number of hydrogen-bond donors (Lipinski definition) is 0. The average Bonchev–Trinajstić information content (AvgIpc) is 3.20. The number of carbonyl (C=O) groups is 2. The molecule has 0 amide bonds. The molecule has 0 N–H and O–H groups in total. The summed E-state index contributed by atoms with van der Waals surface area (Å²) in [7, 11) is 0. The molecule has 1 fully saturated rings. The predicted molar refractivity (Wildman–Crippen MR) is 103 cm³/mol. The molecular weight excluding hydrogens is 472 g/mol. The largest absolute Gasteiger partial charge is 0.294 e. The van der Waals surface area contributed by atoms with Gasteiger partial charge in [0.25, 0.3) is 0 Å². The second-order valence-corrected chi connectivity index (χ2v) is 12.1. The number of Topliss-reactive ketones (excluding diaryl/α,β-unsaturated/α-hetero) is 2. The van der Waals surface area contributed by atoms with E-state index < -0.39 is 0 Å². The van der Waals surface area contributed by atoms with Crippen molar-refractivity contribution in [2.24, 2.45) is 23.7 Å². The second-order valence-electron chi connectivity index (χ2n) is 7.21. The van der Waals surface area contributed by atoms with Crippen LogP contribution in [0.3, 0.4) is 0 Å². The summed E-state index contributed by atoms with van der Waals surface area (Å²) < 4.78 is 2.03. The number of ketones is 2. The summed E-state index contributed by atoms with van der Waals surface area (Å²) in [6, 6.07) is 3.95. The third-order valence-electron chi connectivity index (χ3n) is 6.24. The smallest absolute Gasteiger partial charge is 0.168 e. The molecule has 124 valence electrons. The van der Waals surface area contributed by atoms with Crippen LogP contribution in [0, 0.1) is 23.7 Å². The molecule has 0 spiro atoms. The van der Waals surface area contributed by atoms with Gasteiger partial charge in [0.15, 0.2) is 11.6 Å². The van der Waals surface area contributed by atoms with E-state index in [0.29, 0.717) is 0 Å². The fourth-order valence-corrected chi connectivity index (χ4v) is 9.16. The van der Waals surface area contributed by atoms with Crippen LogP contribution >= 0.6 is 54.5 Å². The Hall–Kier alpha value is -0.300. The topological polar surface area (TPSA) is 34.1 Å². The average molecular weight is 486 g/mol. The highest BCUT2D eigenvalue weighted by atomic mass is 79.9. The fourth-order valence-electron chi connectivity index (χ4n) is 5.35. The highest BCUT2D eigenvalue weighted by Crippen LogP contribution is 2.64. The molecule has 3 aliphatic carbocycles. The molecule has 2 aromatic heterocycles. The minimum atomic E-state index is 0.0234. The van der Waals surface area contributed by atoms with Crippen molar-refractivity contribution in [2.45, 2.75) is 25.7 Å². The molecule has 3 aliphatic rings. The number of fused-ring (bicyclic) bond motifs is 6. The van der Waals surface area contributed by atoms with E-state index in [1.165, 1.54) is 9.75 Å². The molecule has 0 bridgehead atoms. The third kappa shape index (κ3) is 1.81. The fraction of sp³-hybridized carbons (Fsp3) is 0.444. The van der Waals surface area contributed by atoms with Crippen molar-refractivity contribution in [3.05, 3.63) is 40.6 Å². The first-order valence-electron chi connectivity index (χ1n) is 8.07. The molecule has 5 rings (SSSR count). The van der Waals surface area contributed by atoms with Crippen LogP contribution in [0.15, 0.2) is 19.7 Å². The predicted octanol–water partition coefficient (Wildman–Crippen LogP) is 6.11. The van der Waals surface area contributed by atoms with Gasteiger partial charge < -0.3 is 0 Å². The molecule has 6 atom stereocenters. The highest BCUT2D eigenvalue weighted by molar-refractivity contribution is 9.11. The van der Waals surface area contributed by atoms with Gasteiger partial charge in [-0.2, -0.15) is 0 Å². The maximum atomic E-state index is 13.1. The Labute approximate surface area is 164 Å². The Kier molecular flexibility index (Phi) is 3.39. The first-order valence-corrected chi connectivity index (χ1v) is 11.3. The molecule has 0 aliphatic heterocycles. The van der Waals surface area contributed by atoms with Gasteiger partial charge in [0.05, 0.1) is 7.57 Å². The van der Waals surface area contributed by atoms with Crippen LogP contribution in [0.1, 0.15) is 56.2 Å². The molecule has 1 saturated carbocycles. The van der Waals surface area contributed by atoms with Gasteiger partial charge in [-0.3, -0.25) is 9.59 Å². The lowest BCUT2D eigenvalue weighted by Crippen LogP contribution is -2.42. The van der Waals surface area contributed by atoms with Gasteiger partial charge in [0.2, 0.25) is 0 Å². The zero-order valence-electron chi connectivity index (χ0n) is 13.0. The first-order chi connectivity index (χ1) is 11.4. The minimum Gasteiger partial charge on any atom is -0.294 e. The van der Waals surface area contributed by atoms with Crippen LogP contribution in [0.5, 0.6) is 0 Å². The van der Waals surface area contributed by atoms with E-state index in [9.17, 15) is 9.59 Å². The molecule has 0 radical (unpaired) electrons. The molecule has 2 heterocycles. The number of rotatable bonds is 0. The van der Waals surface area contributed by atoms with Crippen LogP contribution in [0.2, 0.25) is 0 Å². The lowest BCUT2D eigenvalue weighted by atomic mass is 9.59. The van der Waals surface area contributed by atoms with E-state index >= 15 is 0 Å². The van der Waals surface area contributed by atoms with Crippen molar-refractivity contribution in [2.75, 3.05) is 0 Å². The van der Waals surface area contributed by atoms with E-state index in [4.69, 9.17) is 0 Å². The van der Waals surface area contributed by atoms with E-state index in [0.717, 1.165) is 18.7 Å². The normalized spacial score (nSPS) is 36.5. The van der Waals surface area contributed by atoms with E-state index in [2.05, 4.69) is 45.7 Å². The number of hydrogen-bond acceptors (Lipinski definition) is 4. The summed E-state index contributed by atoms with van der Waals surface area (Å²) in [5.74, 6) is 1.42. The van der Waals surface area contributed by atoms with Crippen LogP contribution < -0.4 is 0 Å². The SMILES string of the molecule is CC1C2C(=O)c3cc(Br)sc3C2C(C)C2C(=O)c3cc(Br)sc3C12. The molecule has 2 aromatic rings. The summed E-state index contributed by atoms with van der Waals surface area (Å²) in [5, 5.41) is 0. The summed E-state index contributed by atoms with van der Waals surface area (Å²) in [6.07, 6.45) is 0. The van der Waals surface area contributed by atoms with Crippen molar-refractivity contribution in [3.63, 3.8) is 0 Å². The van der Waals surface area contributed by atoms with E-state index in [-0.39, 0.29) is 47.1 Å². The summed E-state index contributed by atoms with van der Waals surface area (Å²) in [6.45, 7) is 4.36. The molecule has 6 unspecified atom stereocenters. The van der Waals surface area contributed by atoms with Gasteiger partial charge in [-0.05, 0) is 55.8 Å². The summed E-state index contributed by atoms with van der Waals surface area (Å²) in [4.78, 5) is 28.6. The van der Waals surface area contributed by atoms with Gasteiger partial charge in [-0.25, -0.2) is 0 Å². The van der Waals surface area contributed by atoms with Crippen molar-refractivity contribution in [1.82, 2.24) is 0 Å². The van der Waals surface area contributed by atoms with Gasteiger partial charge in [0, 0.05) is 44.6 Å². The summed E-state index contributed by atoms with van der Waals surface area (Å²) >= 11 is 10.4. The molecular formula is C18H14Br2O2S2. The standard InChI is InChI=1S/C18H14Br2O2S2/c1-5-11-14(18-7(15(11)21)3-10(20)24-18)6(2)12-13(5)17-8(16(12)22)4-9(19)23-17/h3-6,11-14H,1-2H3. The Morgan fingerprint density at radius 2 is 1.12 bits per heavy atom. The van der Waals surface area contributed by atoms with Crippen molar-refractivity contribution in [1.29, 1.82) is 0 Å². The quantitative estimate of drug-likeness (QED) is 0.450. The molecule has 0 saturated heterocycles. The van der Waals surface area contributed by atoms with Crippen molar-refractivity contribution >= 4 is 66.1 Å².